The van der Waals surface area contributed by atoms with Gasteiger partial charge in [-0.2, -0.15) is 0 Å². The predicted molar refractivity (Wildman–Crippen MR) is 61.4 cm³/mol. The summed E-state index contributed by atoms with van der Waals surface area (Å²) in [5.74, 6) is 0.323. The minimum Gasteiger partial charge on any atom is -0.394 e. The van der Waals surface area contributed by atoms with Crippen LogP contribution in [0.3, 0.4) is 0 Å². The molecule has 0 saturated carbocycles. The minimum absolute atomic E-state index is 0.323. The third kappa shape index (κ3) is 2.38. The lowest BCUT2D eigenvalue weighted by Crippen LogP contribution is -2.00. The molecule has 0 unspecified atom stereocenters. The summed E-state index contributed by atoms with van der Waals surface area (Å²) in [6, 6.07) is 9.86. The molecule has 0 radical (unpaired) electrons. The molecule has 1 aromatic heterocycles. The van der Waals surface area contributed by atoms with Gasteiger partial charge in [0, 0.05) is 4.90 Å². The van der Waals surface area contributed by atoms with Crippen molar-refractivity contribution in [2.75, 3.05) is 11.5 Å². The highest BCUT2D eigenvalue weighted by Crippen LogP contribution is 2.25. The van der Waals surface area contributed by atoms with Gasteiger partial charge in [0.1, 0.15) is 0 Å². The molecule has 0 atom stereocenters. The highest BCUT2D eigenvalue weighted by Gasteiger charge is 2.02. The fraction of sp³-hybridized carbons (Fsp3) is 0. The quantitative estimate of drug-likeness (QED) is 0.751. The van der Waals surface area contributed by atoms with E-state index in [0.717, 1.165) is 4.90 Å². The zero-order valence-corrected chi connectivity index (χ0v) is 8.74. The number of hydrogen-bond acceptors (Lipinski definition) is 5. The monoisotopic (exact) mass is 218 g/mol. The Bertz CT molecular complexity index is 458. The Morgan fingerprint density at radius 2 is 1.80 bits per heavy atom. The first-order chi connectivity index (χ1) is 7.25. The van der Waals surface area contributed by atoms with Crippen molar-refractivity contribution in [3.63, 3.8) is 0 Å². The Balaban J connectivity index is 2.22. The van der Waals surface area contributed by atoms with E-state index in [1.165, 1.54) is 18.0 Å². The molecule has 5 heteroatoms. The lowest BCUT2D eigenvalue weighted by molar-refractivity contribution is 0.979. The van der Waals surface area contributed by atoms with Crippen molar-refractivity contribution in [3.8, 4) is 0 Å². The van der Waals surface area contributed by atoms with E-state index in [9.17, 15) is 0 Å². The molecule has 4 nitrogen and oxygen atoms in total. The summed E-state index contributed by atoms with van der Waals surface area (Å²) < 4.78 is 0. The maximum Gasteiger partial charge on any atom is 0.194 e. The summed E-state index contributed by atoms with van der Waals surface area (Å²) in [5, 5.41) is 0.605. The summed E-state index contributed by atoms with van der Waals surface area (Å²) in [6.07, 6.45) is 1.52. The molecule has 2 rings (SSSR count). The van der Waals surface area contributed by atoms with E-state index in [2.05, 4.69) is 9.97 Å². The topological polar surface area (TPSA) is 77.8 Å². The van der Waals surface area contributed by atoms with E-state index in [4.69, 9.17) is 11.5 Å². The first-order valence-electron chi connectivity index (χ1n) is 4.36. The first kappa shape index (κ1) is 9.79. The number of benzene rings is 1. The van der Waals surface area contributed by atoms with Crippen LogP contribution in [0, 0.1) is 0 Å². The molecule has 2 aromatic rings. The van der Waals surface area contributed by atoms with Gasteiger partial charge in [0.2, 0.25) is 0 Å². The lowest BCUT2D eigenvalue weighted by Gasteiger charge is -2.02. The van der Waals surface area contributed by atoms with Crippen LogP contribution in [0.5, 0.6) is 0 Å². The smallest absolute Gasteiger partial charge is 0.194 e. The van der Waals surface area contributed by atoms with Crippen LogP contribution in [0.15, 0.2) is 46.6 Å². The molecule has 0 aliphatic carbocycles. The van der Waals surface area contributed by atoms with Crippen LogP contribution in [-0.4, -0.2) is 9.97 Å². The molecular weight excluding hydrogens is 208 g/mol. The SMILES string of the molecule is Nc1cnc(Sc2ccccc2)nc1N. The average Bonchev–Trinajstić information content (AvgIpc) is 2.25. The Kier molecular flexibility index (Phi) is 2.73. The number of nitrogens with zero attached hydrogens (tertiary/aromatic N) is 2. The van der Waals surface area contributed by atoms with Crippen molar-refractivity contribution < 1.29 is 0 Å². The fourth-order valence-corrected chi connectivity index (χ4v) is 1.78. The van der Waals surface area contributed by atoms with Crippen LogP contribution in [-0.2, 0) is 0 Å². The number of rotatable bonds is 2. The van der Waals surface area contributed by atoms with Crippen molar-refractivity contribution in [1.82, 2.24) is 9.97 Å². The Labute approximate surface area is 91.7 Å². The van der Waals surface area contributed by atoms with Gasteiger partial charge in [0.25, 0.3) is 0 Å². The molecule has 0 spiro atoms. The summed E-state index contributed by atoms with van der Waals surface area (Å²) in [5.41, 5.74) is 11.5. The van der Waals surface area contributed by atoms with Gasteiger partial charge in [-0.3, -0.25) is 0 Å². The molecule has 0 aliphatic heterocycles. The van der Waals surface area contributed by atoms with Crippen molar-refractivity contribution >= 4 is 23.3 Å². The summed E-state index contributed by atoms with van der Waals surface area (Å²) in [6.45, 7) is 0. The molecule has 0 saturated heterocycles. The molecule has 4 N–H and O–H groups in total. The van der Waals surface area contributed by atoms with Crippen LogP contribution in [0.25, 0.3) is 0 Å². The van der Waals surface area contributed by atoms with Crippen LogP contribution < -0.4 is 11.5 Å². The van der Waals surface area contributed by atoms with E-state index in [0.29, 0.717) is 16.7 Å². The third-order valence-corrected chi connectivity index (χ3v) is 2.67. The number of aromatic nitrogens is 2. The maximum absolute atomic E-state index is 5.58. The van der Waals surface area contributed by atoms with Gasteiger partial charge in [-0.1, -0.05) is 18.2 Å². The maximum atomic E-state index is 5.58. The molecule has 76 valence electrons. The van der Waals surface area contributed by atoms with Gasteiger partial charge in [-0.25, -0.2) is 9.97 Å². The Morgan fingerprint density at radius 1 is 1.07 bits per heavy atom. The second-order valence-corrected chi connectivity index (χ2v) is 3.95. The lowest BCUT2D eigenvalue weighted by atomic mass is 10.4. The third-order valence-electron chi connectivity index (χ3n) is 1.78. The number of nitrogens with two attached hydrogens (primary N) is 2. The molecule has 0 bridgehead atoms. The van der Waals surface area contributed by atoms with Crippen molar-refractivity contribution in [2.24, 2.45) is 0 Å². The largest absolute Gasteiger partial charge is 0.394 e. The average molecular weight is 218 g/mol. The van der Waals surface area contributed by atoms with Crippen LogP contribution in [0.4, 0.5) is 11.5 Å². The minimum atomic E-state index is 0.323. The van der Waals surface area contributed by atoms with Crippen LogP contribution in [0.2, 0.25) is 0 Å². The van der Waals surface area contributed by atoms with Crippen molar-refractivity contribution in [3.05, 3.63) is 36.5 Å². The molecule has 1 heterocycles. The zero-order valence-electron chi connectivity index (χ0n) is 7.92. The molecule has 0 fully saturated rings. The van der Waals surface area contributed by atoms with Gasteiger partial charge < -0.3 is 11.5 Å². The molecular formula is C10H10N4S. The van der Waals surface area contributed by atoms with Gasteiger partial charge >= 0.3 is 0 Å². The highest BCUT2D eigenvalue weighted by molar-refractivity contribution is 7.99. The van der Waals surface area contributed by atoms with E-state index < -0.39 is 0 Å². The van der Waals surface area contributed by atoms with E-state index >= 15 is 0 Å². The standard InChI is InChI=1S/C10H10N4S/c11-8-6-13-10(14-9(8)12)15-7-4-2-1-3-5-7/h1-6H,11H2,(H2,12,13,14). The second kappa shape index (κ2) is 4.18. The highest BCUT2D eigenvalue weighted by atomic mass is 32.2. The van der Waals surface area contributed by atoms with Gasteiger partial charge in [0.05, 0.1) is 11.9 Å². The van der Waals surface area contributed by atoms with E-state index in [-0.39, 0.29) is 0 Å². The Hall–Kier alpha value is -1.75. The summed E-state index contributed by atoms with van der Waals surface area (Å²) in [7, 11) is 0. The van der Waals surface area contributed by atoms with E-state index in [1.54, 1.807) is 0 Å². The summed E-state index contributed by atoms with van der Waals surface area (Å²) >= 11 is 1.45. The van der Waals surface area contributed by atoms with Crippen molar-refractivity contribution in [1.29, 1.82) is 0 Å². The second-order valence-electron chi connectivity index (χ2n) is 2.91. The zero-order chi connectivity index (χ0) is 10.7. The van der Waals surface area contributed by atoms with Gasteiger partial charge in [-0.05, 0) is 23.9 Å². The molecule has 1 aromatic carbocycles. The summed E-state index contributed by atoms with van der Waals surface area (Å²) in [4.78, 5) is 9.22. The number of nitrogen functional groups attached to an aromatic ring is 2. The normalized spacial score (nSPS) is 10.1. The molecule has 0 aliphatic rings. The van der Waals surface area contributed by atoms with E-state index in [1.807, 2.05) is 30.3 Å². The predicted octanol–water partition coefficient (Wildman–Crippen LogP) is 1.79. The van der Waals surface area contributed by atoms with Crippen LogP contribution in [0.1, 0.15) is 0 Å². The number of anilines is 2. The Morgan fingerprint density at radius 3 is 2.47 bits per heavy atom. The number of hydrogen-bond donors (Lipinski definition) is 2. The molecule has 0 amide bonds. The molecule has 15 heavy (non-hydrogen) atoms. The van der Waals surface area contributed by atoms with Gasteiger partial charge in [-0.15, -0.1) is 0 Å². The van der Waals surface area contributed by atoms with Crippen LogP contribution >= 0.6 is 11.8 Å². The fourth-order valence-electron chi connectivity index (χ4n) is 1.03. The first-order valence-corrected chi connectivity index (χ1v) is 5.18. The van der Waals surface area contributed by atoms with Gasteiger partial charge in [0.15, 0.2) is 11.0 Å². The van der Waals surface area contributed by atoms with Crippen molar-refractivity contribution in [2.45, 2.75) is 10.1 Å².